The number of benzene rings is 1. The van der Waals surface area contributed by atoms with Gasteiger partial charge in [-0.2, -0.15) is 0 Å². The maximum absolute atomic E-state index is 3.47. The van der Waals surface area contributed by atoms with Crippen molar-refractivity contribution in [2.45, 2.75) is 51.6 Å². The average Bonchev–Trinajstić information content (AvgIpc) is 2.89. The Morgan fingerprint density at radius 2 is 2.00 bits per heavy atom. The highest BCUT2D eigenvalue weighted by Crippen LogP contribution is 2.39. The molecule has 1 saturated heterocycles. The van der Waals surface area contributed by atoms with Crippen molar-refractivity contribution in [3.8, 4) is 0 Å². The van der Waals surface area contributed by atoms with Gasteiger partial charge in [0.15, 0.2) is 0 Å². The molecule has 1 aliphatic carbocycles. The van der Waals surface area contributed by atoms with E-state index in [1.54, 1.807) is 0 Å². The van der Waals surface area contributed by atoms with Gasteiger partial charge in [-0.3, -0.25) is 0 Å². The number of nitrogens with zero attached hydrogens (tertiary/aromatic N) is 1. The maximum atomic E-state index is 3.47. The fourth-order valence-electron chi connectivity index (χ4n) is 3.91. The zero-order valence-corrected chi connectivity index (χ0v) is 12.1. The summed E-state index contributed by atoms with van der Waals surface area (Å²) in [6, 6.07) is 9.79. The third-order valence-electron chi connectivity index (χ3n) is 4.88. The molecular weight excluding hydrogens is 232 g/mol. The van der Waals surface area contributed by atoms with Gasteiger partial charge in [-0.05, 0) is 43.4 Å². The predicted molar refractivity (Wildman–Crippen MR) is 81.5 cm³/mol. The highest BCUT2D eigenvalue weighted by Gasteiger charge is 2.36. The minimum atomic E-state index is 0.816. The lowest BCUT2D eigenvalue weighted by Gasteiger charge is -2.34. The summed E-state index contributed by atoms with van der Waals surface area (Å²) in [6.45, 7) is 5.48. The molecule has 1 aromatic carbocycles. The number of fused-ring (bicyclic) bond motifs is 1. The predicted octanol–water partition coefficient (Wildman–Crippen LogP) is 3.57. The number of hydrogen-bond donors (Lipinski definition) is 1. The lowest BCUT2D eigenvalue weighted by atomic mass is 9.85. The van der Waals surface area contributed by atoms with E-state index in [1.165, 1.54) is 49.9 Å². The van der Waals surface area contributed by atoms with Gasteiger partial charge in [0.1, 0.15) is 0 Å². The minimum Gasteiger partial charge on any atom is -0.368 e. The summed E-state index contributed by atoms with van der Waals surface area (Å²) in [5, 5.41) is 3.47. The van der Waals surface area contributed by atoms with E-state index < -0.39 is 0 Å². The van der Waals surface area contributed by atoms with Crippen molar-refractivity contribution in [3.05, 3.63) is 29.8 Å². The second-order valence-electron chi connectivity index (χ2n) is 6.00. The third kappa shape index (κ3) is 2.64. The topological polar surface area (TPSA) is 15.3 Å². The second-order valence-corrected chi connectivity index (χ2v) is 6.00. The van der Waals surface area contributed by atoms with Crippen LogP contribution >= 0.6 is 0 Å². The number of nitrogens with one attached hydrogen (secondary N) is 1. The van der Waals surface area contributed by atoms with Gasteiger partial charge in [0, 0.05) is 24.8 Å². The molecule has 3 rings (SSSR count). The summed E-state index contributed by atoms with van der Waals surface area (Å²) in [5.41, 5.74) is 2.95. The van der Waals surface area contributed by atoms with Gasteiger partial charge in [0.2, 0.25) is 0 Å². The first-order valence-corrected chi connectivity index (χ1v) is 7.95. The van der Waals surface area contributed by atoms with Crippen LogP contribution in [0.25, 0.3) is 0 Å². The second kappa shape index (κ2) is 5.96. The molecule has 0 bridgehead atoms. The van der Waals surface area contributed by atoms with Crippen LogP contribution in [-0.2, 0) is 6.54 Å². The van der Waals surface area contributed by atoms with Crippen LogP contribution in [-0.4, -0.2) is 19.1 Å². The van der Waals surface area contributed by atoms with E-state index in [2.05, 4.69) is 41.4 Å². The molecule has 2 nitrogen and oxygen atoms in total. The first-order chi connectivity index (χ1) is 9.40. The van der Waals surface area contributed by atoms with Crippen LogP contribution in [0, 0.1) is 5.92 Å². The standard InChI is InChI=1S/C17H26N2/c1-2-18-13-15-8-4-6-10-17(15)19-12-11-14-7-3-5-9-16(14)19/h4,6,8,10,14,16,18H,2-3,5,7,9,11-13H2,1H3. The molecule has 1 aliphatic heterocycles. The lowest BCUT2D eigenvalue weighted by molar-refractivity contribution is 0.342. The maximum Gasteiger partial charge on any atom is 0.0414 e. The Labute approximate surface area is 117 Å². The molecule has 2 heteroatoms. The molecule has 1 N–H and O–H groups in total. The molecule has 104 valence electrons. The first-order valence-electron chi connectivity index (χ1n) is 7.95. The normalized spacial score (nSPS) is 26.5. The molecule has 0 spiro atoms. The third-order valence-corrected chi connectivity index (χ3v) is 4.88. The Morgan fingerprint density at radius 3 is 2.89 bits per heavy atom. The zero-order valence-electron chi connectivity index (χ0n) is 12.1. The van der Waals surface area contributed by atoms with E-state index >= 15 is 0 Å². The molecule has 2 aliphatic rings. The molecule has 0 aromatic heterocycles. The van der Waals surface area contributed by atoms with Crippen molar-refractivity contribution in [1.29, 1.82) is 0 Å². The van der Waals surface area contributed by atoms with Gasteiger partial charge < -0.3 is 10.2 Å². The molecule has 2 atom stereocenters. The smallest absolute Gasteiger partial charge is 0.0414 e. The SMILES string of the molecule is CCNCc1ccccc1N1CCC2CCCCC21. The Hall–Kier alpha value is -1.02. The molecule has 0 radical (unpaired) electrons. The number of rotatable bonds is 4. The fourth-order valence-corrected chi connectivity index (χ4v) is 3.91. The summed E-state index contributed by atoms with van der Waals surface area (Å²) in [4.78, 5) is 2.70. The highest BCUT2D eigenvalue weighted by molar-refractivity contribution is 5.55. The lowest BCUT2D eigenvalue weighted by Crippen LogP contribution is -2.35. The van der Waals surface area contributed by atoms with Crippen molar-refractivity contribution in [2.24, 2.45) is 5.92 Å². The number of anilines is 1. The summed E-state index contributed by atoms with van der Waals surface area (Å²) in [7, 11) is 0. The Kier molecular flexibility index (Phi) is 4.07. The van der Waals surface area contributed by atoms with Crippen molar-refractivity contribution >= 4 is 5.69 Å². The van der Waals surface area contributed by atoms with E-state index in [9.17, 15) is 0 Å². The van der Waals surface area contributed by atoms with Gasteiger partial charge >= 0.3 is 0 Å². The van der Waals surface area contributed by atoms with Gasteiger partial charge in [-0.15, -0.1) is 0 Å². The Bertz CT molecular complexity index is 415. The van der Waals surface area contributed by atoms with E-state index in [1.807, 2.05) is 0 Å². The molecule has 1 saturated carbocycles. The Balaban J connectivity index is 1.81. The summed E-state index contributed by atoms with van der Waals surface area (Å²) in [5.74, 6) is 0.959. The number of para-hydroxylation sites is 1. The monoisotopic (exact) mass is 258 g/mol. The van der Waals surface area contributed by atoms with Crippen LogP contribution in [0.15, 0.2) is 24.3 Å². The quantitative estimate of drug-likeness (QED) is 0.888. The summed E-state index contributed by atoms with van der Waals surface area (Å²) in [6.07, 6.45) is 7.14. The minimum absolute atomic E-state index is 0.816. The molecule has 1 aromatic rings. The molecule has 2 fully saturated rings. The van der Waals surface area contributed by atoms with Gasteiger partial charge in [0.05, 0.1) is 0 Å². The van der Waals surface area contributed by atoms with Crippen LogP contribution in [0.4, 0.5) is 5.69 Å². The average molecular weight is 258 g/mol. The highest BCUT2D eigenvalue weighted by atomic mass is 15.2. The molecule has 19 heavy (non-hydrogen) atoms. The van der Waals surface area contributed by atoms with Gasteiger partial charge in [-0.1, -0.05) is 38.0 Å². The van der Waals surface area contributed by atoms with Crippen molar-refractivity contribution in [1.82, 2.24) is 5.32 Å². The van der Waals surface area contributed by atoms with Gasteiger partial charge in [0.25, 0.3) is 0 Å². The van der Waals surface area contributed by atoms with Crippen molar-refractivity contribution in [2.75, 3.05) is 18.0 Å². The summed E-state index contributed by atoms with van der Waals surface area (Å²) >= 11 is 0. The van der Waals surface area contributed by atoms with Gasteiger partial charge in [-0.25, -0.2) is 0 Å². The van der Waals surface area contributed by atoms with Crippen LogP contribution in [0.3, 0.4) is 0 Å². The van der Waals surface area contributed by atoms with Crippen molar-refractivity contribution in [3.63, 3.8) is 0 Å². The van der Waals surface area contributed by atoms with E-state index in [4.69, 9.17) is 0 Å². The van der Waals surface area contributed by atoms with E-state index in [-0.39, 0.29) is 0 Å². The van der Waals surface area contributed by atoms with Crippen LogP contribution in [0.2, 0.25) is 0 Å². The molecule has 0 amide bonds. The van der Waals surface area contributed by atoms with Crippen LogP contribution in [0.1, 0.15) is 44.6 Å². The zero-order chi connectivity index (χ0) is 13.1. The largest absolute Gasteiger partial charge is 0.368 e. The van der Waals surface area contributed by atoms with E-state index in [0.29, 0.717) is 0 Å². The fraction of sp³-hybridized carbons (Fsp3) is 0.647. The summed E-state index contributed by atoms with van der Waals surface area (Å²) < 4.78 is 0. The Morgan fingerprint density at radius 1 is 1.16 bits per heavy atom. The molecule has 1 heterocycles. The molecular formula is C17H26N2. The van der Waals surface area contributed by atoms with E-state index in [0.717, 1.165) is 25.0 Å². The van der Waals surface area contributed by atoms with Crippen LogP contribution < -0.4 is 10.2 Å². The number of hydrogen-bond acceptors (Lipinski definition) is 2. The first kappa shape index (κ1) is 13.0. The molecule has 2 unspecified atom stereocenters. The van der Waals surface area contributed by atoms with Crippen molar-refractivity contribution < 1.29 is 0 Å². The van der Waals surface area contributed by atoms with Crippen LogP contribution in [0.5, 0.6) is 0 Å².